The lowest BCUT2D eigenvalue weighted by Gasteiger charge is -2.16. The van der Waals surface area contributed by atoms with E-state index in [1.807, 2.05) is 6.92 Å². The fourth-order valence-electron chi connectivity index (χ4n) is 1.71. The second-order valence-corrected chi connectivity index (χ2v) is 4.81. The molecule has 102 valence electrons. The third kappa shape index (κ3) is 5.27. The quantitative estimate of drug-likeness (QED) is 0.759. The highest BCUT2D eigenvalue weighted by Gasteiger charge is 2.14. The van der Waals surface area contributed by atoms with Crippen molar-refractivity contribution in [1.82, 2.24) is 15.0 Å². The SMILES string of the molecule is CCCN(CC(=O)O)Cc1noc(CC(C)C)n1. The van der Waals surface area contributed by atoms with Crippen molar-refractivity contribution in [2.45, 2.75) is 40.2 Å². The van der Waals surface area contributed by atoms with E-state index in [0.717, 1.165) is 12.8 Å². The van der Waals surface area contributed by atoms with Crippen molar-refractivity contribution in [3.8, 4) is 0 Å². The van der Waals surface area contributed by atoms with Crippen LogP contribution < -0.4 is 0 Å². The molecule has 1 aromatic rings. The molecule has 0 saturated carbocycles. The van der Waals surface area contributed by atoms with Gasteiger partial charge in [-0.25, -0.2) is 0 Å². The zero-order valence-corrected chi connectivity index (χ0v) is 11.2. The standard InChI is InChI=1S/C12H21N3O3/c1-4-5-15(8-12(16)17)7-10-13-11(18-14-10)6-9(2)3/h9H,4-8H2,1-3H3,(H,16,17). The molecule has 1 heterocycles. The first-order valence-corrected chi connectivity index (χ1v) is 6.26. The zero-order valence-electron chi connectivity index (χ0n) is 11.2. The van der Waals surface area contributed by atoms with Gasteiger partial charge >= 0.3 is 5.97 Å². The smallest absolute Gasteiger partial charge is 0.317 e. The van der Waals surface area contributed by atoms with Gasteiger partial charge in [-0.2, -0.15) is 4.98 Å². The van der Waals surface area contributed by atoms with Crippen LogP contribution in [0.4, 0.5) is 0 Å². The van der Waals surface area contributed by atoms with Crippen LogP contribution in [0, 0.1) is 5.92 Å². The van der Waals surface area contributed by atoms with E-state index in [9.17, 15) is 4.79 Å². The van der Waals surface area contributed by atoms with E-state index in [2.05, 4.69) is 24.0 Å². The minimum absolute atomic E-state index is 0.00188. The predicted molar refractivity (Wildman–Crippen MR) is 66.0 cm³/mol. The topological polar surface area (TPSA) is 79.5 Å². The molecule has 0 aliphatic carbocycles. The number of carboxylic acids is 1. The number of hydrogen-bond donors (Lipinski definition) is 1. The number of aliphatic carboxylic acids is 1. The second kappa shape index (κ2) is 7.10. The normalized spacial score (nSPS) is 11.4. The predicted octanol–water partition coefficient (Wildman–Crippen LogP) is 1.56. The maximum absolute atomic E-state index is 10.7. The molecule has 0 saturated heterocycles. The largest absolute Gasteiger partial charge is 0.480 e. The molecule has 0 unspecified atom stereocenters. The Hall–Kier alpha value is -1.43. The minimum atomic E-state index is -0.839. The Bertz CT molecular complexity index is 376. The summed E-state index contributed by atoms with van der Waals surface area (Å²) in [5.74, 6) is 0.797. The van der Waals surface area contributed by atoms with Gasteiger partial charge in [0, 0.05) is 6.42 Å². The Kier molecular flexibility index (Phi) is 5.77. The monoisotopic (exact) mass is 255 g/mol. The molecule has 6 nitrogen and oxygen atoms in total. The first-order valence-electron chi connectivity index (χ1n) is 6.26. The summed E-state index contributed by atoms with van der Waals surface area (Å²) in [7, 11) is 0. The molecule has 0 aliphatic rings. The van der Waals surface area contributed by atoms with Gasteiger partial charge in [0.2, 0.25) is 5.89 Å². The van der Waals surface area contributed by atoms with E-state index in [0.29, 0.717) is 30.7 Å². The Morgan fingerprint density at radius 1 is 1.50 bits per heavy atom. The lowest BCUT2D eigenvalue weighted by Crippen LogP contribution is -2.30. The summed E-state index contributed by atoms with van der Waals surface area (Å²) in [5, 5.41) is 12.7. The Labute approximate surface area is 107 Å². The molecule has 1 rings (SSSR count). The summed E-state index contributed by atoms with van der Waals surface area (Å²) in [6.07, 6.45) is 1.64. The van der Waals surface area contributed by atoms with Crippen LogP contribution in [0.25, 0.3) is 0 Å². The molecule has 0 bridgehead atoms. The van der Waals surface area contributed by atoms with Gasteiger partial charge in [0.15, 0.2) is 5.82 Å². The fraction of sp³-hybridized carbons (Fsp3) is 0.750. The average molecular weight is 255 g/mol. The number of nitrogens with zero attached hydrogens (tertiary/aromatic N) is 3. The lowest BCUT2D eigenvalue weighted by atomic mass is 10.1. The van der Waals surface area contributed by atoms with Gasteiger partial charge in [-0.3, -0.25) is 9.69 Å². The molecule has 1 N–H and O–H groups in total. The van der Waals surface area contributed by atoms with Gasteiger partial charge in [0.05, 0.1) is 13.1 Å². The molecule has 0 aliphatic heterocycles. The van der Waals surface area contributed by atoms with Gasteiger partial charge in [0.25, 0.3) is 0 Å². The molecule has 0 aromatic carbocycles. The highest BCUT2D eigenvalue weighted by atomic mass is 16.5. The molecule has 6 heteroatoms. The minimum Gasteiger partial charge on any atom is -0.480 e. The van der Waals surface area contributed by atoms with Crippen molar-refractivity contribution in [3.63, 3.8) is 0 Å². The van der Waals surface area contributed by atoms with Crippen molar-refractivity contribution in [3.05, 3.63) is 11.7 Å². The summed E-state index contributed by atoms with van der Waals surface area (Å²) in [6.45, 7) is 7.30. The summed E-state index contributed by atoms with van der Waals surface area (Å²) in [6, 6.07) is 0. The summed E-state index contributed by atoms with van der Waals surface area (Å²) in [4.78, 5) is 16.8. The molecule has 0 fully saturated rings. The Morgan fingerprint density at radius 2 is 2.22 bits per heavy atom. The van der Waals surface area contributed by atoms with E-state index < -0.39 is 5.97 Å². The number of carbonyl (C=O) groups is 1. The number of aromatic nitrogens is 2. The third-order valence-electron chi connectivity index (χ3n) is 2.36. The van der Waals surface area contributed by atoms with Gasteiger partial charge in [-0.05, 0) is 18.9 Å². The van der Waals surface area contributed by atoms with E-state index in [4.69, 9.17) is 9.63 Å². The molecule has 18 heavy (non-hydrogen) atoms. The second-order valence-electron chi connectivity index (χ2n) is 4.81. The van der Waals surface area contributed by atoms with Crippen LogP contribution in [-0.4, -0.2) is 39.2 Å². The molecule has 1 aromatic heterocycles. The Balaban J connectivity index is 2.57. The highest BCUT2D eigenvalue weighted by molar-refractivity contribution is 5.69. The van der Waals surface area contributed by atoms with Gasteiger partial charge < -0.3 is 9.63 Å². The van der Waals surface area contributed by atoms with Crippen LogP contribution in [0.3, 0.4) is 0 Å². The maximum Gasteiger partial charge on any atom is 0.317 e. The first-order chi connectivity index (χ1) is 8.51. The van der Waals surface area contributed by atoms with Gasteiger partial charge in [0.1, 0.15) is 0 Å². The van der Waals surface area contributed by atoms with Crippen LogP contribution in [0.1, 0.15) is 38.9 Å². The van der Waals surface area contributed by atoms with Crippen LogP contribution in [-0.2, 0) is 17.8 Å². The van der Waals surface area contributed by atoms with Crippen LogP contribution >= 0.6 is 0 Å². The van der Waals surface area contributed by atoms with Crippen molar-refractivity contribution < 1.29 is 14.4 Å². The van der Waals surface area contributed by atoms with E-state index in [-0.39, 0.29) is 6.54 Å². The number of hydrogen-bond acceptors (Lipinski definition) is 5. The fourth-order valence-corrected chi connectivity index (χ4v) is 1.71. The van der Waals surface area contributed by atoms with E-state index in [1.54, 1.807) is 4.90 Å². The lowest BCUT2D eigenvalue weighted by molar-refractivity contribution is -0.138. The van der Waals surface area contributed by atoms with Gasteiger partial charge in [-0.1, -0.05) is 25.9 Å². The highest BCUT2D eigenvalue weighted by Crippen LogP contribution is 2.07. The average Bonchev–Trinajstić information content (AvgIpc) is 2.63. The zero-order chi connectivity index (χ0) is 13.5. The summed E-state index contributed by atoms with van der Waals surface area (Å²) >= 11 is 0. The number of carboxylic acid groups (broad SMARTS) is 1. The van der Waals surface area contributed by atoms with E-state index in [1.165, 1.54) is 0 Å². The molecule has 0 atom stereocenters. The molecule has 0 radical (unpaired) electrons. The number of rotatable bonds is 8. The van der Waals surface area contributed by atoms with E-state index >= 15 is 0 Å². The molecule has 0 amide bonds. The maximum atomic E-state index is 10.7. The van der Waals surface area contributed by atoms with Crippen molar-refractivity contribution in [2.24, 2.45) is 5.92 Å². The summed E-state index contributed by atoms with van der Waals surface area (Å²) < 4.78 is 5.12. The van der Waals surface area contributed by atoms with Gasteiger partial charge in [-0.15, -0.1) is 0 Å². The van der Waals surface area contributed by atoms with Crippen LogP contribution in [0.15, 0.2) is 4.52 Å². The Morgan fingerprint density at radius 3 is 2.78 bits per heavy atom. The molecular formula is C12H21N3O3. The third-order valence-corrected chi connectivity index (χ3v) is 2.36. The molecular weight excluding hydrogens is 234 g/mol. The van der Waals surface area contributed by atoms with Crippen LogP contribution in [0.5, 0.6) is 0 Å². The summed E-state index contributed by atoms with van der Waals surface area (Å²) in [5.41, 5.74) is 0. The van der Waals surface area contributed by atoms with Crippen molar-refractivity contribution >= 4 is 5.97 Å². The van der Waals surface area contributed by atoms with Crippen LogP contribution in [0.2, 0.25) is 0 Å². The first kappa shape index (κ1) is 14.6. The van der Waals surface area contributed by atoms with Crippen molar-refractivity contribution in [2.75, 3.05) is 13.1 Å². The molecule has 0 spiro atoms. The van der Waals surface area contributed by atoms with Crippen molar-refractivity contribution in [1.29, 1.82) is 0 Å².